The van der Waals surface area contributed by atoms with Crippen LogP contribution >= 0.6 is 0 Å². The summed E-state index contributed by atoms with van der Waals surface area (Å²) in [5.41, 5.74) is 0.483. The highest BCUT2D eigenvalue weighted by Gasteiger charge is 2.25. The second-order valence-corrected chi connectivity index (χ2v) is 5.72. The minimum Gasteiger partial charge on any atom is -0.445 e. The number of rotatable bonds is 4. The van der Waals surface area contributed by atoms with E-state index in [0.29, 0.717) is 18.8 Å². The Morgan fingerprint density at radius 1 is 1.42 bits per heavy atom. The number of carbonyl (C=O) groups is 1. The van der Waals surface area contributed by atoms with Crippen molar-refractivity contribution in [1.82, 2.24) is 0 Å². The van der Waals surface area contributed by atoms with E-state index in [4.69, 9.17) is 9.15 Å². The molecule has 0 unspecified atom stereocenters. The summed E-state index contributed by atoms with van der Waals surface area (Å²) < 4.78 is 10.9. The van der Waals surface area contributed by atoms with Crippen LogP contribution in [0, 0.1) is 6.92 Å². The van der Waals surface area contributed by atoms with Gasteiger partial charge in [0.15, 0.2) is 0 Å². The average Bonchev–Trinajstić information content (AvgIpc) is 2.61. The fourth-order valence-corrected chi connectivity index (χ4v) is 1.48. The number of hydrogen-bond acceptors (Lipinski definition) is 3. The molecular formula is C15H23NO3. The molecular weight excluding hydrogens is 242 g/mol. The van der Waals surface area contributed by atoms with Gasteiger partial charge in [0.2, 0.25) is 5.88 Å². The van der Waals surface area contributed by atoms with Crippen molar-refractivity contribution in [1.29, 1.82) is 0 Å². The lowest BCUT2D eigenvalue weighted by atomic mass is 10.2. The molecule has 1 amide bonds. The molecule has 4 heteroatoms. The molecule has 0 aliphatic carbocycles. The Hall–Kier alpha value is -1.71. The van der Waals surface area contributed by atoms with E-state index in [1.807, 2.05) is 40.7 Å². The van der Waals surface area contributed by atoms with Gasteiger partial charge in [-0.25, -0.2) is 9.69 Å². The molecule has 1 aromatic rings. The third kappa shape index (κ3) is 5.20. The van der Waals surface area contributed by atoms with E-state index >= 15 is 0 Å². The van der Waals surface area contributed by atoms with Crippen LogP contribution < -0.4 is 4.90 Å². The first-order chi connectivity index (χ1) is 8.69. The molecule has 0 bridgehead atoms. The Bertz CT molecular complexity index is 454. The standard InChI is InChI=1S/C15H23NO3/c1-11(2)9-10-16(13-8-7-12(3)18-13)14(17)19-15(4,5)6/h7-8H,1,9-10H2,2-6H3. The number of carbonyl (C=O) groups excluding carboxylic acids is 1. The fraction of sp³-hybridized carbons (Fsp3) is 0.533. The number of aryl methyl sites for hydroxylation is 1. The average molecular weight is 265 g/mol. The van der Waals surface area contributed by atoms with E-state index in [2.05, 4.69) is 6.58 Å². The minimum atomic E-state index is -0.528. The predicted molar refractivity (Wildman–Crippen MR) is 76.5 cm³/mol. The van der Waals surface area contributed by atoms with Gasteiger partial charge in [0.05, 0.1) is 0 Å². The summed E-state index contributed by atoms with van der Waals surface area (Å²) in [5, 5.41) is 0. The first kappa shape index (κ1) is 15.3. The van der Waals surface area contributed by atoms with Gasteiger partial charge in [-0.1, -0.05) is 5.57 Å². The monoisotopic (exact) mass is 265 g/mol. The molecule has 4 nitrogen and oxygen atoms in total. The lowest BCUT2D eigenvalue weighted by molar-refractivity contribution is 0.0574. The highest BCUT2D eigenvalue weighted by Crippen LogP contribution is 2.21. The van der Waals surface area contributed by atoms with Crippen molar-refractivity contribution in [3.05, 3.63) is 30.0 Å². The van der Waals surface area contributed by atoms with E-state index in [9.17, 15) is 4.79 Å². The van der Waals surface area contributed by atoms with Crippen LogP contribution in [0.1, 0.15) is 39.9 Å². The van der Waals surface area contributed by atoms with Crippen LogP contribution in [0.2, 0.25) is 0 Å². The molecule has 0 aromatic carbocycles. The Labute approximate surface area is 115 Å². The van der Waals surface area contributed by atoms with Crippen molar-refractivity contribution in [2.75, 3.05) is 11.4 Å². The predicted octanol–water partition coefficient (Wildman–Crippen LogP) is 4.30. The highest BCUT2D eigenvalue weighted by molar-refractivity contribution is 5.86. The molecule has 0 saturated carbocycles. The third-order valence-corrected chi connectivity index (χ3v) is 2.37. The number of hydrogen-bond donors (Lipinski definition) is 0. The van der Waals surface area contributed by atoms with Crippen molar-refractivity contribution in [3.8, 4) is 0 Å². The van der Waals surface area contributed by atoms with Gasteiger partial charge in [-0.15, -0.1) is 6.58 Å². The Morgan fingerprint density at radius 3 is 2.47 bits per heavy atom. The van der Waals surface area contributed by atoms with E-state index in [1.165, 1.54) is 4.90 Å². The number of anilines is 1. The van der Waals surface area contributed by atoms with E-state index in [-0.39, 0.29) is 0 Å². The van der Waals surface area contributed by atoms with Crippen LogP contribution in [0.25, 0.3) is 0 Å². The zero-order valence-corrected chi connectivity index (χ0v) is 12.4. The fourth-order valence-electron chi connectivity index (χ4n) is 1.48. The Kier molecular flexibility index (Phi) is 4.81. The van der Waals surface area contributed by atoms with Gasteiger partial charge in [0, 0.05) is 12.6 Å². The number of ether oxygens (including phenoxy) is 1. The second kappa shape index (κ2) is 5.95. The molecule has 0 atom stereocenters. The van der Waals surface area contributed by atoms with E-state index in [1.54, 1.807) is 6.07 Å². The van der Waals surface area contributed by atoms with Crippen molar-refractivity contribution in [3.63, 3.8) is 0 Å². The summed E-state index contributed by atoms with van der Waals surface area (Å²) in [7, 11) is 0. The molecule has 1 aromatic heterocycles. The number of furan rings is 1. The van der Waals surface area contributed by atoms with Crippen molar-refractivity contribution < 1.29 is 13.9 Å². The topological polar surface area (TPSA) is 42.7 Å². The molecule has 1 rings (SSSR count). The zero-order valence-electron chi connectivity index (χ0n) is 12.4. The van der Waals surface area contributed by atoms with Gasteiger partial charge in [0.25, 0.3) is 0 Å². The van der Waals surface area contributed by atoms with Crippen molar-refractivity contribution in [2.45, 2.75) is 46.6 Å². The van der Waals surface area contributed by atoms with Gasteiger partial charge in [-0.2, -0.15) is 0 Å². The lowest BCUT2D eigenvalue weighted by Gasteiger charge is -2.25. The van der Waals surface area contributed by atoms with Crippen molar-refractivity contribution >= 4 is 12.0 Å². The van der Waals surface area contributed by atoms with Gasteiger partial charge in [-0.3, -0.25) is 0 Å². The number of nitrogens with zero attached hydrogens (tertiary/aromatic N) is 1. The maximum Gasteiger partial charge on any atom is 0.417 e. The third-order valence-electron chi connectivity index (χ3n) is 2.37. The van der Waals surface area contributed by atoms with Crippen LogP contribution in [-0.4, -0.2) is 18.2 Å². The van der Waals surface area contributed by atoms with Gasteiger partial charge in [0.1, 0.15) is 11.4 Å². The normalized spacial score (nSPS) is 11.2. The SMILES string of the molecule is C=C(C)CCN(C(=O)OC(C)(C)C)c1ccc(C)o1. The van der Waals surface area contributed by atoms with Crippen LogP contribution in [0.15, 0.2) is 28.7 Å². The maximum absolute atomic E-state index is 12.2. The minimum absolute atomic E-state index is 0.400. The largest absolute Gasteiger partial charge is 0.445 e. The summed E-state index contributed by atoms with van der Waals surface area (Å²) in [6.07, 6.45) is 0.307. The van der Waals surface area contributed by atoms with E-state index in [0.717, 1.165) is 11.3 Å². The molecule has 106 valence electrons. The van der Waals surface area contributed by atoms with Crippen LogP contribution in [0.4, 0.5) is 10.7 Å². The highest BCUT2D eigenvalue weighted by atomic mass is 16.6. The summed E-state index contributed by atoms with van der Waals surface area (Å²) in [6, 6.07) is 3.60. The molecule has 0 aliphatic heterocycles. The molecule has 0 N–H and O–H groups in total. The number of amides is 1. The Balaban J connectivity index is 2.86. The van der Waals surface area contributed by atoms with Crippen LogP contribution in [0.5, 0.6) is 0 Å². The van der Waals surface area contributed by atoms with Gasteiger partial charge < -0.3 is 9.15 Å². The summed E-state index contributed by atoms with van der Waals surface area (Å²) >= 11 is 0. The molecule has 0 radical (unpaired) electrons. The van der Waals surface area contributed by atoms with Gasteiger partial charge >= 0.3 is 6.09 Å². The Morgan fingerprint density at radius 2 is 2.05 bits per heavy atom. The van der Waals surface area contributed by atoms with Crippen LogP contribution in [0.3, 0.4) is 0 Å². The lowest BCUT2D eigenvalue weighted by Crippen LogP contribution is -2.37. The molecule has 1 heterocycles. The first-order valence-electron chi connectivity index (χ1n) is 6.40. The van der Waals surface area contributed by atoms with E-state index < -0.39 is 11.7 Å². The molecule has 0 fully saturated rings. The van der Waals surface area contributed by atoms with Crippen LogP contribution in [-0.2, 0) is 4.74 Å². The molecule has 19 heavy (non-hydrogen) atoms. The quantitative estimate of drug-likeness (QED) is 0.762. The second-order valence-electron chi connectivity index (χ2n) is 5.72. The first-order valence-corrected chi connectivity index (χ1v) is 6.40. The summed E-state index contributed by atoms with van der Waals surface area (Å²) in [5.74, 6) is 1.27. The summed E-state index contributed by atoms with van der Waals surface area (Å²) in [4.78, 5) is 13.7. The molecule has 0 spiro atoms. The smallest absolute Gasteiger partial charge is 0.417 e. The van der Waals surface area contributed by atoms with Crippen molar-refractivity contribution in [2.24, 2.45) is 0 Å². The van der Waals surface area contributed by atoms with Gasteiger partial charge in [-0.05, 0) is 47.1 Å². The molecule has 0 saturated heterocycles. The summed E-state index contributed by atoms with van der Waals surface area (Å²) in [6.45, 7) is 13.6. The zero-order chi connectivity index (χ0) is 14.6. The molecule has 0 aliphatic rings. The maximum atomic E-state index is 12.2.